The molecule has 0 bridgehead atoms. The largest absolute Gasteiger partial charge is 0.404 e. The number of rotatable bonds is 5. The van der Waals surface area contributed by atoms with Gasteiger partial charge in [0.05, 0.1) is 17.8 Å². The Balaban J connectivity index is 2.60. The van der Waals surface area contributed by atoms with Crippen molar-refractivity contribution in [2.45, 2.75) is 32.9 Å². The predicted octanol–water partition coefficient (Wildman–Crippen LogP) is 2.50. The van der Waals surface area contributed by atoms with E-state index in [2.05, 4.69) is 53.7 Å². The molecular weight excluding hydrogens is 300 g/mol. The fourth-order valence-corrected chi connectivity index (χ4v) is 1.73. The van der Waals surface area contributed by atoms with Crippen LogP contribution in [0.3, 0.4) is 0 Å². The Labute approximate surface area is 114 Å². The van der Waals surface area contributed by atoms with Crippen molar-refractivity contribution in [1.82, 2.24) is 15.1 Å². The van der Waals surface area contributed by atoms with Crippen molar-refractivity contribution in [3.8, 4) is 0 Å². The molecule has 100 valence electrons. The molecule has 1 N–H and O–H groups in total. The fourth-order valence-electron chi connectivity index (χ4n) is 1.27. The summed E-state index contributed by atoms with van der Waals surface area (Å²) in [4.78, 5) is 10.1. The molecule has 0 unspecified atom stereocenters. The van der Waals surface area contributed by atoms with E-state index in [9.17, 15) is 10.1 Å². The average Bonchev–Trinajstić information content (AvgIpc) is 2.55. The highest BCUT2D eigenvalue weighted by Gasteiger charge is 2.19. The molecule has 0 fully saturated rings. The molecule has 1 aromatic heterocycles. The Hall–Kier alpha value is -1.21. The minimum atomic E-state index is -0.517. The third-order valence-corrected chi connectivity index (χ3v) is 2.69. The summed E-state index contributed by atoms with van der Waals surface area (Å²) in [6, 6.07) is 0. The molecule has 1 aromatic rings. The smallest absolute Gasteiger partial charge is 0.358 e. The first-order valence-corrected chi connectivity index (χ1v) is 6.27. The molecule has 18 heavy (non-hydrogen) atoms. The van der Waals surface area contributed by atoms with Crippen LogP contribution in [0.1, 0.15) is 20.8 Å². The van der Waals surface area contributed by atoms with Gasteiger partial charge in [0.15, 0.2) is 0 Å². The minimum absolute atomic E-state index is 0.0135. The second-order valence-corrected chi connectivity index (χ2v) is 5.96. The number of hydrogen-bond acceptors (Lipinski definition) is 4. The van der Waals surface area contributed by atoms with Gasteiger partial charge in [-0.2, -0.15) is 4.68 Å². The third-order valence-electron chi connectivity index (χ3n) is 2.13. The van der Waals surface area contributed by atoms with E-state index < -0.39 is 4.92 Å². The van der Waals surface area contributed by atoms with E-state index in [4.69, 9.17) is 0 Å². The van der Waals surface area contributed by atoms with Gasteiger partial charge < -0.3 is 15.4 Å². The van der Waals surface area contributed by atoms with Crippen molar-refractivity contribution in [2.75, 3.05) is 6.54 Å². The van der Waals surface area contributed by atoms with Gasteiger partial charge in [-0.3, -0.25) is 0 Å². The van der Waals surface area contributed by atoms with Crippen LogP contribution in [0.25, 0.3) is 0 Å². The average molecular weight is 317 g/mol. The molecule has 6 nitrogen and oxygen atoms in total. The van der Waals surface area contributed by atoms with Crippen molar-refractivity contribution in [2.24, 2.45) is 0 Å². The van der Waals surface area contributed by atoms with Gasteiger partial charge in [0.1, 0.15) is 4.47 Å². The normalized spacial score (nSPS) is 11.6. The van der Waals surface area contributed by atoms with Gasteiger partial charge >= 0.3 is 5.82 Å². The first kappa shape index (κ1) is 14.8. The zero-order chi connectivity index (χ0) is 13.9. The van der Waals surface area contributed by atoms with Crippen LogP contribution in [0.15, 0.2) is 22.8 Å². The summed E-state index contributed by atoms with van der Waals surface area (Å²) in [5, 5.41) is 17.8. The molecule has 0 aliphatic carbocycles. The molecule has 0 saturated carbocycles. The maximum Gasteiger partial charge on any atom is 0.404 e. The van der Waals surface area contributed by atoms with Crippen LogP contribution < -0.4 is 5.32 Å². The molecule has 1 rings (SSSR count). The van der Waals surface area contributed by atoms with Gasteiger partial charge in [0.2, 0.25) is 0 Å². The Morgan fingerprint density at radius 2 is 2.28 bits per heavy atom. The van der Waals surface area contributed by atoms with Gasteiger partial charge in [-0.05, 0) is 47.2 Å². The van der Waals surface area contributed by atoms with Crippen molar-refractivity contribution >= 4 is 21.7 Å². The molecule has 0 atom stereocenters. The lowest BCUT2D eigenvalue weighted by molar-refractivity contribution is -0.390. The Bertz CT molecular complexity index is 462. The van der Waals surface area contributed by atoms with Crippen LogP contribution in [0.2, 0.25) is 0 Å². The highest BCUT2D eigenvalue weighted by atomic mass is 79.9. The number of hydrogen-bond donors (Lipinski definition) is 1. The monoisotopic (exact) mass is 316 g/mol. The fraction of sp³-hybridized carbons (Fsp3) is 0.545. The third kappa shape index (κ3) is 4.58. The summed E-state index contributed by atoms with van der Waals surface area (Å²) in [7, 11) is 0. The van der Waals surface area contributed by atoms with Crippen molar-refractivity contribution in [3.05, 3.63) is 32.9 Å². The van der Waals surface area contributed by atoms with Gasteiger partial charge in [-0.25, -0.2) is 0 Å². The lowest BCUT2D eigenvalue weighted by Crippen LogP contribution is -2.37. The lowest BCUT2D eigenvalue weighted by atomic mass is 10.1. The van der Waals surface area contributed by atoms with Crippen LogP contribution in [-0.2, 0) is 6.54 Å². The van der Waals surface area contributed by atoms with E-state index in [0.29, 0.717) is 17.6 Å². The summed E-state index contributed by atoms with van der Waals surface area (Å²) in [6.45, 7) is 11.2. The summed E-state index contributed by atoms with van der Waals surface area (Å²) < 4.78 is 1.89. The standard InChI is InChI=1S/C11H17BrN4O2/c1-8(5-13-11(2,3)4)6-15-7-9(12)10(14-15)16(17)18/h7,13H,1,5-6H2,2-4H3. The molecule has 0 spiro atoms. The number of halogens is 1. The topological polar surface area (TPSA) is 73.0 Å². The quantitative estimate of drug-likeness (QED) is 0.514. The molecule has 0 aliphatic heterocycles. The van der Waals surface area contributed by atoms with Gasteiger partial charge in [-0.1, -0.05) is 6.58 Å². The van der Waals surface area contributed by atoms with Crippen molar-refractivity contribution in [1.29, 1.82) is 0 Å². The van der Waals surface area contributed by atoms with E-state index in [-0.39, 0.29) is 11.4 Å². The molecule has 0 aromatic carbocycles. The molecule has 0 saturated heterocycles. The van der Waals surface area contributed by atoms with Gasteiger partial charge in [0, 0.05) is 12.1 Å². The number of aromatic nitrogens is 2. The second kappa shape index (κ2) is 5.62. The van der Waals surface area contributed by atoms with Gasteiger partial charge in [0.25, 0.3) is 0 Å². The zero-order valence-electron chi connectivity index (χ0n) is 10.7. The Morgan fingerprint density at radius 3 is 2.72 bits per heavy atom. The Morgan fingerprint density at radius 1 is 1.67 bits per heavy atom. The SMILES string of the molecule is C=C(CNC(C)(C)C)Cn1cc(Br)c([N+](=O)[O-])n1. The Kier molecular flexibility index (Phi) is 4.64. The predicted molar refractivity (Wildman–Crippen MR) is 73.5 cm³/mol. The molecular formula is C11H17BrN4O2. The summed E-state index contributed by atoms with van der Waals surface area (Å²) >= 11 is 3.11. The number of nitro groups is 1. The van der Waals surface area contributed by atoms with E-state index in [1.807, 2.05) is 0 Å². The van der Waals surface area contributed by atoms with E-state index in [1.165, 1.54) is 4.68 Å². The summed E-state index contributed by atoms with van der Waals surface area (Å²) in [6.07, 6.45) is 1.58. The van der Waals surface area contributed by atoms with Crippen molar-refractivity contribution in [3.63, 3.8) is 0 Å². The molecule has 0 amide bonds. The summed E-state index contributed by atoms with van der Waals surface area (Å²) in [5.74, 6) is -0.174. The molecule has 0 aliphatic rings. The van der Waals surface area contributed by atoms with Crippen LogP contribution in [0.5, 0.6) is 0 Å². The highest BCUT2D eigenvalue weighted by molar-refractivity contribution is 9.10. The second-order valence-electron chi connectivity index (χ2n) is 5.11. The first-order chi connectivity index (χ1) is 8.19. The van der Waals surface area contributed by atoms with Crippen LogP contribution in [0.4, 0.5) is 5.82 Å². The van der Waals surface area contributed by atoms with E-state index in [0.717, 1.165) is 5.57 Å². The zero-order valence-corrected chi connectivity index (χ0v) is 12.3. The van der Waals surface area contributed by atoms with Gasteiger partial charge in [-0.15, -0.1) is 0 Å². The molecule has 1 heterocycles. The molecule has 0 radical (unpaired) electrons. The first-order valence-electron chi connectivity index (χ1n) is 5.48. The maximum absolute atomic E-state index is 10.6. The number of nitrogens with zero attached hydrogens (tertiary/aromatic N) is 3. The van der Waals surface area contributed by atoms with E-state index >= 15 is 0 Å². The minimum Gasteiger partial charge on any atom is -0.358 e. The lowest BCUT2D eigenvalue weighted by Gasteiger charge is -2.21. The van der Waals surface area contributed by atoms with Crippen LogP contribution in [0, 0.1) is 10.1 Å². The van der Waals surface area contributed by atoms with E-state index in [1.54, 1.807) is 6.20 Å². The van der Waals surface area contributed by atoms with Crippen LogP contribution in [-0.4, -0.2) is 26.8 Å². The van der Waals surface area contributed by atoms with Crippen molar-refractivity contribution < 1.29 is 4.92 Å². The molecule has 7 heteroatoms. The highest BCUT2D eigenvalue weighted by Crippen LogP contribution is 2.22. The van der Waals surface area contributed by atoms with Crippen LogP contribution >= 0.6 is 15.9 Å². The maximum atomic E-state index is 10.6. The summed E-state index contributed by atoms with van der Waals surface area (Å²) in [5.41, 5.74) is 0.925. The number of nitrogens with one attached hydrogen (secondary N) is 1.